The number of H-pyrrole nitrogens is 1. The summed E-state index contributed by atoms with van der Waals surface area (Å²) in [5, 5.41) is 29.4. The number of hydrogen-bond acceptors (Lipinski definition) is 14. The first-order valence-corrected chi connectivity index (χ1v) is 20.1. The van der Waals surface area contributed by atoms with E-state index in [0.29, 0.717) is 58.2 Å². The van der Waals surface area contributed by atoms with Crippen LogP contribution in [0, 0.1) is 13.8 Å². The van der Waals surface area contributed by atoms with Crippen molar-refractivity contribution in [1.82, 2.24) is 20.1 Å². The number of phenols is 1. The SMILES string of the molecule is COc1c(C)cc2c(c1O)C1C3[C@@H]4SC[C@]5(N[C@@H](CN)Cc6c5[nH]c5ccccc65)C(=O)OCC(c5c6c(c(C)c(OC(C)=O)c54)OCO6)N3C(O)(C2)CN1C. The molecular weight excluding hydrogens is 739 g/mol. The van der Waals surface area contributed by atoms with Crippen LogP contribution >= 0.6 is 11.8 Å². The molecule has 1 spiro atoms. The number of nitrogens with two attached hydrogens (primary N) is 1. The summed E-state index contributed by atoms with van der Waals surface area (Å²) in [4.78, 5) is 35.8. The molecule has 2 saturated heterocycles. The quantitative estimate of drug-likeness (QED) is 0.151. The van der Waals surface area contributed by atoms with E-state index < -0.39 is 46.6 Å². The highest BCUT2D eigenvalue weighted by Gasteiger charge is 2.64. The number of para-hydroxylation sites is 1. The fourth-order valence-electron chi connectivity index (χ4n) is 10.8. The smallest absolute Gasteiger partial charge is 0.333 e. The molecule has 0 aliphatic carbocycles. The number of methoxy groups -OCH3 is 1. The summed E-state index contributed by atoms with van der Waals surface area (Å²) in [6, 6.07) is 7.94. The summed E-state index contributed by atoms with van der Waals surface area (Å²) < 4.78 is 30.8. The second-order valence-corrected chi connectivity index (χ2v) is 17.2. The van der Waals surface area contributed by atoms with Crippen LogP contribution in [0.5, 0.6) is 28.7 Å². The maximum absolute atomic E-state index is 15.0. The lowest BCUT2D eigenvalue weighted by Gasteiger charge is -2.60. The van der Waals surface area contributed by atoms with E-state index in [0.717, 1.165) is 33.3 Å². The van der Waals surface area contributed by atoms with Gasteiger partial charge in [-0.1, -0.05) is 24.3 Å². The van der Waals surface area contributed by atoms with E-state index in [1.807, 2.05) is 45.2 Å². The number of esters is 2. The normalized spacial score (nSPS) is 31.3. The molecule has 5 unspecified atom stereocenters. The topological polar surface area (TPSA) is 181 Å². The lowest BCUT2D eigenvalue weighted by molar-refractivity contribution is -0.215. The maximum atomic E-state index is 15.0. The molecule has 6 N–H and O–H groups in total. The Kier molecular flexibility index (Phi) is 8.00. The summed E-state index contributed by atoms with van der Waals surface area (Å²) >= 11 is 1.52. The van der Waals surface area contributed by atoms with Crippen LogP contribution in [0.3, 0.4) is 0 Å². The number of carbonyl (C=O) groups is 2. The summed E-state index contributed by atoms with van der Waals surface area (Å²) in [6.45, 7) is 5.39. The number of nitrogens with one attached hydrogen (secondary N) is 2. The molecule has 12 rings (SSSR count). The molecule has 8 atom stereocenters. The number of aromatic nitrogens is 1. The molecule has 0 radical (unpaired) electrons. The third-order valence-corrected chi connectivity index (χ3v) is 14.3. The second-order valence-electron chi connectivity index (χ2n) is 16.1. The van der Waals surface area contributed by atoms with Crippen LogP contribution in [0.2, 0.25) is 0 Å². The molecule has 8 aliphatic rings. The Morgan fingerprint density at radius 2 is 1.91 bits per heavy atom. The summed E-state index contributed by atoms with van der Waals surface area (Å²) in [6.07, 6.45) is 0.802. The van der Waals surface area contributed by atoms with Crippen LogP contribution in [0.25, 0.3) is 10.9 Å². The van der Waals surface area contributed by atoms with Gasteiger partial charge in [0.25, 0.3) is 0 Å². The molecule has 4 bridgehead atoms. The first kappa shape index (κ1) is 35.9. The van der Waals surface area contributed by atoms with Gasteiger partial charge in [-0.05, 0) is 50.1 Å². The Balaban J connectivity index is 1.26. The molecule has 56 heavy (non-hydrogen) atoms. The number of aromatic amines is 1. The molecular formula is C41H45N5O9S. The zero-order valence-electron chi connectivity index (χ0n) is 31.9. The molecule has 0 amide bonds. The fourth-order valence-corrected chi connectivity index (χ4v) is 12.5. The van der Waals surface area contributed by atoms with Gasteiger partial charge in [0.05, 0.1) is 30.1 Å². The van der Waals surface area contributed by atoms with E-state index in [9.17, 15) is 15.0 Å². The average molecular weight is 784 g/mol. The van der Waals surface area contributed by atoms with E-state index >= 15 is 4.79 Å². The molecule has 8 aliphatic heterocycles. The predicted molar refractivity (Wildman–Crippen MR) is 206 cm³/mol. The molecule has 15 heteroatoms. The number of thioether (sulfide) groups is 1. The monoisotopic (exact) mass is 783 g/mol. The maximum Gasteiger partial charge on any atom is 0.333 e. The van der Waals surface area contributed by atoms with E-state index in [1.54, 1.807) is 7.11 Å². The minimum absolute atomic E-state index is 0.0241. The zero-order valence-corrected chi connectivity index (χ0v) is 32.7. The Labute approximate surface area is 327 Å². The minimum Gasteiger partial charge on any atom is -0.504 e. The number of aliphatic hydroxyl groups is 1. The molecule has 9 heterocycles. The first-order valence-electron chi connectivity index (χ1n) is 19.0. The van der Waals surface area contributed by atoms with Crippen molar-refractivity contribution >= 4 is 34.6 Å². The second kappa shape index (κ2) is 12.5. The van der Waals surface area contributed by atoms with Crippen LogP contribution in [-0.2, 0) is 32.7 Å². The van der Waals surface area contributed by atoms with Crippen LogP contribution in [0.15, 0.2) is 30.3 Å². The zero-order chi connectivity index (χ0) is 39.0. The highest BCUT2D eigenvalue weighted by molar-refractivity contribution is 7.99. The fraction of sp³-hybridized carbons (Fsp3) is 0.463. The third kappa shape index (κ3) is 4.75. The van der Waals surface area contributed by atoms with Crippen LogP contribution < -0.4 is 30.0 Å². The summed E-state index contributed by atoms with van der Waals surface area (Å²) in [7, 11) is 3.50. The highest BCUT2D eigenvalue weighted by atomic mass is 32.2. The Morgan fingerprint density at radius 1 is 1.12 bits per heavy atom. The summed E-state index contributed by atoms with van der Waals surface area (Å²) in [5.41, 5.74) is 10.4. The summed E-state index contributed by atoms with van der Waals surface area (Å²) in [5.74, 6) is 0.875. The Morgan fingerprint density at radius 3 is 2.68 bits per heavy atom. The van der Waals surface area contributed by atoms with Crippen molar-refractivity contribution in [3.63, 3.8) is 0 Å². The molecule has 1 aromatic heterocycles. The van der Waals surface area contributed by atoms with Gasteiger partial charge in [-0.25, -0.2) is 4.79 Å². The number of rotatable bonds is 3. The van der Waals surface area contributed by atoms with Crippen LogP contribution in [0.4, 0.5) is 0 Å². The number of likely N-dealkylation sites (N-methyl/N-ethyl adjacent to an activating group) is 1. The number of nitrogens with zero attached hydrogens (tertiary/aromatic N) is 2. The molecule has 294 valence electrons. The van der Waals surface area contributed by atoms with Crippen molar-refractivity contribution < 1.29 is 43.5 Å². The number of fused-ring (bicyclic) bond motifs is 8. The van der Waals surface area contributed by atoms with Crippen LogP contribution in [-0.4, -0.2) is 101 Å². The predicted octanol–water partition coefficient (Wildman–Crippen LogP) is 3.51. The van der Waals surface area contributed by atoms with Gasteiger partial charge < -0.3 is 44.6 Å². The van der Waals surface area contributed by atoms with Gasteiger partial charge >= 0.3 is 11.9 Å². The molecule has 2 fully saturated rings. The lowest BCUT2D eigenvalue weighted by Crippen LogP contribution is -2.70. The van der Waals surface area contributed by atoms with E-state index in [-0.39, 0.29) is 43.9 Å². The average Bonchev–Trinajstić information content (AvgIpc) is 3.76. The highest BCUT2D eigenvalue weighted by Crippen LogP contribution is 2.65. The first-order chi connectivity index (χ1) is 26.9. The van der Waals surface area contributed by atoms with Gasteiger partial charge in [0.2, 0.25) is 6.79 Å². The number of aromatic hydroxyl groups is 1. The third-order valence-electron chi connectivity index (χ3n) is 12.9. The number of piperazine rings is 1. The minimum atomic E-state index is -1.50. The molecule has 3 aromatic carbocycles. The number of ether oxygens (including phenoxy) is 5. The van der Waals surface area contributed by atoms with Crippen molar-refractivity contribution in [2.45, 2.75) is 74.3 Å². The standard InChI is InChI=1S/C41H45N5O9S/c1-18-10-21-12-40(50)15-45(4)30(27(21)32(48)33(18)51-5)31-37-29-28(36-35(53-17-54-36)19(2)34(29)55-20(3)47)26(46(31)40)14-52-39(49)41(16-56-37)38-24(11-22(13-42)44-41)23-8-6-7-9-25(23)43-38/h6-10,22,26,30-31,37,43-44,48,50H,11-17,42H2,1-5H3/t22-,26?,30?,31?,37-,40?,41-/m1/s1. The van der Waals surface area contributed by atoms with Gasteiger partial charge in [0, 0.05) is 77.4 Å². The van der Waals surface area contributed by atoms with Gasteiger partial charge in [0.1, 0.15) is 18.1 Å². The van der Waals surface area contributed by atoms with Crippen molar-refractivity contribution in [1.29, 1.82) is 0 Å². The van der Waals surface area contributed by atoms with Crippen molar-refractivity contribution in [3.05, 3.63) is 75.0 Å². The number of carbonyl (C=O) groups excluding carboxylic acids is 2. The number of aryl methyl sites for hydroxylation is 1. The van der Waals surface area contributed by atoms with Crippen molar-refractivity contribution in [2.75, 3.05) is 46.4 Å². The number of phenolic OH excluding ortho intramolecular Hbond substituents is 1. The molecule has 4 aromatic rings. The van der Waals surface area contributed by atoms with E-state index in [2.05, 4.69) is 26.2 Å². The van der Waals surface area contributed by atoms with Crippen molar-refractivity contribution in [2.24, 2.45) is 5.73 Å². The van der Waals surface area contributed by atoms with E-state index in [4.69, 9.17) is 29.4 Å². The van der Waals surface area contributed by atoms with Gasteiger partial charge in [-0.2, -0.15) is 0 Å². The molecule has 0 saturated carbocycles. The number of benzene rings is 3. The van der Waals surface area contributed by atoms with Crippen LogP contribution in [0.1, 0.15) is 68.9 Å². The Hall–Kier alpha value is -4.51. The van der Waals surface area contributed by atoms with Gasteiger partial charge in [0.15, 0.2) is 28.5 Å². The lowest BCUT2D eigenvalue weighted by atomic mass is 9.78. The van der Waals surface area contributed by atoms with Crippen molar-refractivity contribution in [3.8, 4) is 28.7 Å². The van der Waals surface area contributed by atoms with Gasteiger partial charge in [-0.15, -0.1) is 11.8 Å². The molecule has 14 nitrogen and oxygen atoms in total. The largest absolute Gasteiger partial charge is 0.504 e. The Bertz CT molecular complexity index is 2370. The number of hydrogen-bond donors (Lipinski definition) is 5. The van der Waals surface area contributed by atoms with E-state index in [1.165, 1.54) is 18.7 Å². The van der Waals surface area contributed by atoms with Gasteiger partial charge in [-0.3, -0.25) is 19.9 Å².